The molecule has 8 nitrogen and oxygen atoms in total. The van der Waals surface area contributed by atoms with E-state index >= 15 is 0 Å². The van der Waals surface area contributed by atoms with Crippen molar-refractivity contribution < 1.29 is 17.9 Å². The van der Waals surface area contributed by atoms with Crippen LogP contribution in [0.5, 0.6) is 17.6 Å². The standard InChI is InChI=1S/C16H20N4O4S/c1-11-15(23-12-5-7-17-8-6-12)19-10-20-16(11)24-14-4-3-13(9-18-14)25(2,21)22/h3-4,9-10,12,17H,5-8H2,1-2H3. The minimum Gasteiger partial charge on any atom is -0.474 e. The van der Waals surface area contributed by atoms with Gasteiger partial charge >= 0.3 is 0 Å². The first kappa shape index (κ1) is 17.6. The monoisotopic (exact) mass is 364 g/mol. The average molecular weight is 364 g/mol. The summed E-state index contributed by atoms with van der Waals surface area (Å²) in [6, 6.07) is 2.94. The van der Waals surface area contributed by atoms with E-state index < -0.39 is 9.84 Å². The Kier molecular flexibility index (Phi) is 5.14. The van der Waals surface area contributed by atoms with E-state index in [1.165, 1.54) is 24.7 Å². The quantitative estimate of drug-likeness (QED) is 0.851. The van der Waals surface area contributed by atoms with Crippen molar-refractivity contribution in [3.63, 3.8) is 0 Å². The summed E-state index contributed by atoms with van der Waals surface area (Å²) in [5.74, 6) is 1.07. The van der Waals surface area contributed by atoms with Gasteiger partial charge in [0.25, 0.3) is 0 Å². The number of rotatable bonds is 5. The first-order chi connectivity index (χ1) is 11.9. The number of piperidine rings is 1. The van der Waals surface area contributed by atoms with E-state index in [-0.39, 0.29) is 16.9 Å². The molecule has 1 aliphatic rings. The molecule has 134 valence electrons. The molecule has 2 aromatic rings. The van der Waals surface area contributed by atoms with Crippen LogP contribution in [0.25, 0.3) is 0 Å². The van der Waals surface area contributed by atoms with Crippen molar-refractivity contribution in [1.29, 1.82) is 0 Å². The second kappa shape index (κ2) is 7.32. The molecule has 1 N–H and O–H groups in total. The molecule has 0 bridgehead atoms. The number of hydrogen-bond acceptors (Lipinski definition) is 8. The van der Waals surface area contributed by atoms with Crippen LogP contribution in [0.2, 0.25) is 0 Å². The molecule has 3 heterocycles. The summed E-state index contributed by atoms with van der Waals surface area (Å²) in [6.45, 7) is 3.67. The third-order valence-electron chi connectivity index (χ3n) is 3.89. The minimum atomic E-state index is -3.29. The second-order valence-electron chi connectivity index (χ2n) is 5.88. The molecule has 0 atom stereocenters. The number of pyridine rings is 1. The van der Waals surface area contributed by atoms with Gasteiger partial charge in [-0.05, 0) is 38.9 Å². The molecule has 0 amide bonds. The van der Waals surface area contributed by atoms with E-state index in [0.29, 0.717) is 17.3 Å². The summed E-state index contributed by atoms with van der Waals surface area (Å²) in [6.07, 6.45) is 5.73. The Morgan fingerprint density at radius 3 is 2.48 bits per heavy atom. The Labute approximate surface area is 146 Å². The fourth-order valence-electron chi connectivity index (χ4n) is 2.46. The van der Waals surface area contributed by atoms with Crippen LogP contribution < -0.4 is 14.8 Å². The van der Waals surface area contributed by atoms with Crippen molar-refractivity contribution in [2.45, 2.75) is 30.8 Å². The summed E-state index contributed by atoms with van der Waals surface area (Å²) in [4.78, 5) is 12.5. The highest BCUT2D eigenvalue weighted by Crippen LogP contribution is 2.28. The summed E-state index contributed by atoms with van der Waals surface area (Å²) in [5.41, 5.74) is 0.676. The molecule has 1 fully saturated rings. The van der Waals surface area contributed by atoms with Crippen LogP contribution in [0.1, 0.15) is 18.4 Å². The second-order valence-corrected chi connectivity index (χ2v) is 7.90. The third kappa shape index (κ3) is 4.43. The topological polar surface area (TPSA) is 103 Å². The minimum absolute atomic E-state index is 0.120. The zero-order valence-electron chi connectivity index (χ0n) is 14.1. The Balaban J connectivity index is 1.75. The third-order valence-corrected chi connectivity index (χ3v) is 4.99. The van der Waals surface area contributed by atoms with Crippen LogP contribution >= 0.6 is 0 Å². The molecule has 0 radical (unpaired) electrons. The predicted molar refractivity (Wildman–Crippen MR) is 90.7 cm³/mol. The molecule has 2 aromatic heterocycles. The Bertz CT molecular complexity index is 834. The lowest BCUT2D eigenvalue weighted by atomic mass is 10.1. The van der Waals surface area contributed by atoms with Gasteiger partial charge in [-0.25, -0.2) is 23.4 Å². The molecule has 0 unspecified atom stereocenters. The Morgan fingerprint density at radius 2 is 1.84 bits per heavy atom. The van der Waals surface area contributed by atoms with Crippen LogP contribution in [0.3, 0.4) is 0 Å². The number of ether oxygens (including phenoxy) is 2. The highest BCUT2D eigenvalue weighted by molar-refractivity contribution is 7.90. The number of nitrogens with one attached hydrogen (secondary N) is 1. The van der Waals surface area contributed by atoms with E-state index in [1.807, 2.05) is 6.92 Å². The van der Waals surface area contributed by atoms with Crippen LogP contribution in [0.15, 0.2) is 29.6 Å². The SMILES string of the molecule is Cc1c(Oc2ccc(S(C)(=O)=O)cn2)ncnc1OC1CCNCC1. The summed E-state index contributed by atoms with van der Waals surface area (Å²) in [5, 5.41) is 3.29. The van der Waals surface area contributed by atoms with Crippen LogP contribution in [-0.4, -0.2) is 48.8 Å². The molecular formula is C16H20N4O4S. The summed E-state index contributed by atoms with van der Waals surface area (Å²) < 4.78 is 34.6. The maximum Gasteiger partial charge on any atom is 0.231 e. The van der Waals surface area contributed by atoms with E-state index in [9.17, 15) is 8.42 Å². The molecule has 9 heteroatoms. The van der Waals surface area contributed by atoms with Crippen molar-refractivity contribution in [2.24, 2.45) is 0 Å². The number of nitrogens with zero attached hydrogens (tertiary/aromatic N) is 3. The maximum atomic E-state index is 11.5. The molecule has 0 aromatic carbocycles. The lowest BCUT2D eigenvalue weighted by molar-refractivity contribution is 0.154. The van der Waals surface area contributed by atoms with Crippen molar-refractivity contribution in [3.05, 3.63) is 30.2 Å². The van der Waals surface area contributed by atoms with Crippen LogP contribution in [0, 0.1) is 6.92 Å². The van der Waals surface area contributed by atoms with Gasteiger partial charge < -0.3 is 14.8 Å². The fourth-order valence-corrected chi connectivity index (χ4v) is 3.02. The first-order valence-electron chi connectivity index (χ1n) is 7.96. The number of sulfone groups is 1. The van der Waals surface area contributed by atoms with E-state index in [1.54, 1.807) is 0 Å². The lowest BCUT2D eigenvalue weighted by Crippen LogP contribution is -2.34. The van der Waals surface area contributed by atoms with Gasteiger partial charge in [-0.15, -0.1) is 0 Å². The highest BCUT2D eigenvalue weighted by Gasteiger charge is 2.18. The van der Waals surface area contributed by atoms with Gasteiger partial charge in [-0.1, -0.05) is 0 Å². The molecule has 0 aliphatic carbocycles. The molecular weight excluding hydrogens is 344 g/mol. The van der Waals surface area contributed by atoms with E-state index in [4.69, 9.17) is 9.47 Å². The van der Waals surface area contributed by atoms with Crippen molar-refractivity contribution >= 4 is 9.84 Å². The summed E-state index contributed by atoms with van der Waals surface area (Å²) >= 11 is 0. The maximum absolute atomic E-state index is 11.5. The van der Waals surface area contributed by atoms with Crippen molar-refractivity contribution in [2.75, 3.05) is 19.3 Å². The van der Waals surface area contributed by atoms with Crippen LogP contribution in [0.4, 0.5) is 0 Å². The van der Waals surface area contributed by atoms with Gasteiger partial charge in [0.2, 0.25) is 17.6 Å². The van der Waals surface area contributed by atoms with Gasteiger partial charge in [0, 0.05) is 18.5 Å². The van der Waals surface area contributed by atoms with Gasteiger partial charge in [0.15, 0.2) is 9.84 Å². The molecule has 0 spiro atoms. The van der Waals surface area contributed by atoms with Crippen molar-refractivity contribution in [1.82, 2.24) is 20.3 Å². The Hall–Kier alpha value is -2.26. The lowest BCUT2D eigenvalue weighted by Gasteiger charge is -2.24. The van der Waals surface area contributed by atoms with Gasteiger partial charge in [-0.3, -0.25) is 0 Å². The fraction of sp³-hybridized carbons (Fsp3) is 0.438. The van der Waals surface area contributed by atoms with E-state index in [2.05, 4.69) is 20.3 Å². The molecule has 0 saturated carbocycles. The normalized spacial score (nSPS) is 15.8. The zero-order chi connectivity index (χ0) is 17.9. The van der Waals surface area contributed by atoms with Crippen LogP contribution in [-0.2, 0) is 9.84 Å². The number of aromatic nitrogens is 3. The van der Waals surface area contributed by atoms with Gasteiger partial charge in [0.05, 0.1) is 10.5 Å². The van der Waals surface area contributed by atoms with Gasteiger partial charge in [-0.2, -0.15) is 0 Å². The zero-order valence-corrected chi connectivity index (χ0v) is 14.9. The largest absolute Gasteiger partial charge is 0.474 e. The molecule has 1 saturated heterocycles. The highest BCUT2D eigenvalue weighted by atomic mass is 32.2. The molecule has 25 heavy (non-hydrogen) atoms. The number of hydrogen-bond donors (Lipinski definition) is 1. The summed E-state index contributed by atoms with van der Waals surface area (Å²) in [7, 11) is -3.29. The first-order valence-corrected chi connectivity index (χ1v) is 9.85. The smallest absolute Gasteiger partial charge is 0.231 e. The van der Waals surface area contributed by atoms with Gasteiger partial charge in [0.1, 0.15) is 12.4 Å². The Morgan fingerprint density at radius 1 is 1.12 bits per heavy atom. The van der Waals surface area contributed by atoms with E-state index in [0.717, 1.165) is 32.2 Å². The molecule has 1 aliphatic heterocycles. The predicted octanol–water partition coefficient (Wildman–Crippen LogP) is 1.51. The van der Waals surface area contributed by atoms with Crippen molar-refractivity contribution in [3.8, 4) is 17.6 Å². The average Bonchev–Trinajstić information content (AvgIpc) is 2.59. The molecule has 3 rings (SSSR count).